The summed E-state index contributed by atoms with van der Waals surface area (Å²) in [4.78, 5) is 8.75. The van der Waals surface area contributed by atoms with E-state index in [9.17, 15) is 4.39 Å². The minimum atomic E-state index is -0.209. The molecule has 4 heteroatoms. The molecule has 0 aliphatic heterocycles. The van der Waals surface area contributed by atoms with Crippen LogP contribution in [0.1, 0.15) is 31.4 Å². The SMILES string of the molecule is CC(N=C1CCC1Nc1ccncc1)c1cccc(F)c1. The predicted molar refractivity (Wildman–Crippen MR) is 83.1 cm³/mol. The third-order valence-corrected chi connectivity index (χ3v) is 3.80. The Hall–Kier alpha value is -2.23. The number of rotatable bonds is 4. The van der Waals surface area contributed by atoms with Crippen LogP contribution in [0.5, 0.6) is 0 Å². The Labute approximate surface area is 124 Å². The molecule has 3 rings (SSSR count). The number of halogens is 1. The summed E-state index contributed by atoms with van der Waals surface area (Å²) in [6.07, 6.45) is 5.62. The van der Waals surface area contributed by atoms with Crippen molar-refractivity contribution in [3.8, 4) is 0 Å². The van der Waals surface area contributed by atoms with Crippen LogP contribution in [0, 0.1) is 5.82 Å². The van der Waals surface area contributed by atoms with Crippen molar-refractivity contribution in [2.24, 2.45) is 4.99 Å². The molecule has 2 atom stereocenters. The lowest BCUT2D eigenvalue weighted by Crippen LogP contribution is -2.39. The van der Waals surface area contributed by atoms with Crippen molar-refractivity contribution in [3.05, 3.63) is 60.2 Å². The van der Waals surface area contributed by atoms with Crippen LogP contribution in [0.4, 0.5) is 10.1 Å². The van der Waals surface area contributed by atoms with Gasteiger partial charge in [-0.15, -0.1) is 0 Å². The van der Waals surface area contributed by atoms with Gasteiger partial charge in [0.1, 0.15) is 5.82 Å². The molecule has 1 aliphatic carbocycles. The van der Waals surface area contributed by atoms with Gasteiger partial charge in [0.2, 0.25) is 0 Å². The number of nitrogens with one attached hydrogen (secondary N) is 1. The molecule has 1 fully saturated rings. The van der Waals surface area contributed by atoms with Crippen molar-refractivity contribution in [1.29, 1.82) is 0 Å². The second kappa shape index (κ2) is 6.04. The lowest BCUT2D eigenvalue weighted by molar-refractivity contribution is 0.621. The van der Waals surface area contributed by atoms with Crippen molar-refractivity contribution < 1.29 is 4.39 Å². The fourth-order valence-electron chi connectivity index (χ4n) is 2.47. The first-order valence-electron chi connectivity index (χ1n) is 7.21. The van der Waals surface area contributed by atoms with E-state index in [2.05, 4.69) is 10.3 Å². The molecule has 108 valence electrons. The standard InChI is InChI=1S/C17H18FN3/c1-12(13-3-2-4-14(18)11-13)20-16-5-6-17(16)21-15-7-9-19-10-8-15/h2-4,7-12,17H,5-6H2,1H3,(H,19,21). The lowest BCUT2D eigenvalue weighted by Gasteiger charge is -2.31. The summed E-state index contributed by atoms with van der Waals surface area (Å²) in [6.45, 7) is 2.00. The maximum absolute atomic E-state index is 13.3. The number of hydrogen-bond donors (Lipinski definition) is 1. The summed E-state index contributed by atoms with van der Waals surface area (Å²) in [5.74, 6) is -0.209. The average Bonchev–Trinajstić information content (AvgIpc) is 2.50. The quantitative estimate of drug-likeness (QED) is 0.921. The van der Waals surface area contributed by atoms with Crippen LogP contribution in [0.2, 0.25) is 0 Å². The van der Waals surface area contributed by atoms with Crippen molar-refractivity contribution in [3.63, 3.8) is 0 Å². The van der Waals surface area contributed by atoms with Crippen LogP contribution >= 0.6 is 0 Å². The number of benzene rings is 1. The molecule has 0 spiro atoms. The highest BCUT2D eigenvalue weighted by molar-refractivity contribution is 5.97. The zero-order valence-corrected chi connectivity index (χ0v) is 12.0. The summed E-state index contributed by atoms with van der Waals surface area (Å²) in [6, 6.07) is 10.8. The van der Waals surface area contributed by atoms with Gasteiger partial charge in [0.25, 0.3) is 0 Å². The maximum Gasteiger partial charge on any atom is 0.123 e. The highest BCUT2D eigenvalue weighted by atomic mass is 19.1. The van der Waals surface area contributed by atoms with E-state index in [1.807, 2.05) is 25.1 Å². The Morgan fingerprint density at radius 3 is 2.76 bits per heavy atom. The number of nitrogens with zero attached hydrogens (tertiary/aromatic N) is 2. The third-order valence-electron chi connectivity index (χ3n) is 3.80. The molecule has 0 saturated heterocycles. The first-order valence-corrected chi connectivity index (χ1v) is 7.21. The van der Waals surface area contributed by atoms with Crippen LogP contribution in [0.3, 0.4) is 0 Å². The van der Waals surface area contributed by atoms with Gasteiger partial charge in [-0.1, -0.05) is 12.1 Å². The van der Waals surface area contributed by atoms with Crippen molar-refractivity contribution in [2.45, 2.75) is 31.8 Å². The smallest absolute Gasteiger partial charge is 0.123 e. The molecule has 0 bridgehead atoms. The minimum absolute atomic E-state index is 0.0160. The summed E-state index contributed by atoms with van der Waals surface area (Å²) in [7, 11) is 0. The van der Waals surface area contributed by atoms with Gasteiger partial charge in [-0.05, 0) is 49.6 Å². The maximum atomic E-state index is 13.3. The molecule has 1 N–H and O–H groups in total. The molecule has 0 radical (unpaired) electrons. The zero-order chi connectivity index (χ0) is 14.7. The molecule has 3 nitrogen and oxygen atoms in total. The van der Waals surface area contributed by atoms with Gasteiger partial charge in [-0.3, -0.25) is 9.98 Å². The average molecular weight is 283 g/mol. The molecule has 0 amide bonds. The minimum Gasteiger partial charge on any atom is -0.377 e. The third kappa shape index (κ3) is 3.27. The molecule has 2 aromatic rings. The number of aliphatic imine (C=N–C) groups is 1. The van der Waals surface area contributed by atoms with E-state index in [4.69, 9.17) is 4.99 Å². The second-order valence-corrected chi connectivity index (χ2v) is 5.32. The summed E-state index contributed by atoms with van der Waals surface area (Å²) in [5.41, 5.74) is 3.13. The Bertz CT molecular complexity index is 639. The zero-order valence-electron chi connectivity index (χ0n) is 12.0. The van der Waals surface area contributed by atoms with Crippen LogP contribution in [0.25, 0.3) is 0 Å². The highest BCUT2D eigenvalue weighted by Gasteiger charge is 2.26. The van der Waals surface area contributed by atoms with E-state index >= 15 is 0 Å². The highest BCUT2D eigenvalue weighted by Crippen LogP contribution is 2.26. The number of hydrogen-bond acceptors (Lipinski definition) is 3. The lowest BCUT2D eigenvalue weighted by atomic mass is 9.89. The van der Waals surface area contributed by atoms with Crippen molar-refractivity contribution >= 4 is 11.4 Å². The van der Waals surface area contributed by atoms with E-state index in [-0.39, 0.29) is 17.9 Å². The predicted octanol–water partition coefficient (Wildman–Crippen LogP) is 4.00. The monoisotopic (exact) mass is 283 g/mol. The van der Waals surface area contributed by atoms with E-state index in [1.54, 1.807) is 24.5 Å². The molecule has 1 aromatic carbocycles. The molecule has 21 heavy (non-hydrogen) atoms. The molecular weight excluding hydrogens is 265 g/mol. The number of aromatic nitrogens is 1. The Morgan fingerprint density at radius 1 is 1.29 bits per heavy atom. The van der Waals surface area contributed by atoms with E-state index in [1.165, 1.54) is 6.07 Å². The summed E-state index contributed by atoms with van der Waals surface area (Å²) >= 11 is 0. The van der Waals surface area contributed by atoms with Crippen LogP contribution in [-0.4, -0.2) is 16.7 Å². The van der Waals surface area contributed by atoms with Gasteiger partial charge < -0.3 is 5.32 Å². The topological polar surface area (TPSA) is 37.3 Å². The van der Waals surface area contributed by atoms with Gasteiger partial charge in [0, 0.05) is 23.8 Å². The van der Waals surface area contributed by atoms with E-state index < -0.39 is 0 Å². The summed E-state index contributed by atoms with van der Waals surface area (Å²) in [5, 5.41) is 3.45. The van der Waals surface area contributed by atoms with Gasteiger partial charge in [0.15, 0.2) is 0 Å². The van der Waals surface area contributed by atoms with Gasteiger partial charge in [-0.25, -0.2) is 4.39 Å². The van der Waals surface area contributed by atoms with Crippen LogP contribution in [0.15, 0.2) is 53.8 Å². The van der Waals surface area contributed by atoms with Crippen molar-refractivity contribution in [1.82, 2.24) is 4.98 Å². The fraction of sp³-hybridized carbons (Fsp3) is 0.294. The molecule has 1 aromatic heterocycles. The Kier molecular flexibility index (Phi) is 3.95. The molecule has 2 unspecified atom stereocenters. The van der Waals surface area contributed by atoms with E-state index in [0.29, 0.717) is 0 Å². The first-order chi connectivity index (χ1) is 10.2. The summed E-state index contributed by atoms with van der Waals surface area (Å²) < 4.78 is 13.3. The van der Waals surface area contributed by atoms with Gasteiger partial charge >= 0.3 is 0 Å². The molecule has 1 heterocycles. The second-order valence-electron chi connectivity index (χ2n) is 5.32. The van der Waals surface area contributed by atoms with Gasteiger partial charge in [-0.2, -0.15) is 0 Å². The fourth-order valence-corrected chi connectivity index (χ4v) is 2.47. The van der Waals surface area contributed by atoms with E-state index in [0.717, 1.165) is 29.8 Å². The first kappa shape index (κ1) is 13.7. The van der Waals surface area contributed by atoms with Crippen LogP contribution in [-0.2, 0) is 0 Å². The normalized spacial score (nSPS) is 20.9. The molecule has 1 aliphatic rings. The Balaban J connectivity index is 1.69. The number of pyridine rings is 1. The van der Waals surface area contributed by atoms with Crippen molar-refractivity contribution in [2.75, 3.05) is 5.32 Å². The number of anilines is 1. The molecule has 1 saturated carbocycles. The van der Waals surface area contributed by atoms with Gasteiger partial charge in [0.05, 0.1) is 12.1 Å². The Morgan fingerprint density at radius 2 is 2.10 bits per heavy atom. The molecular formula is C17H18FN3. The van der Waals surface area contributed by atoms with Crippen LogP contribution < -0.4 is 5.32 Å². The largest absolute Gasteiger partial charge is 0.377 e.